The van der Waals surface area contributed by atoms with Gasteiger partial charge >= 0.3 is 0 Å². The number of hydrogen-bond donors (Lipinski definition) is 2. The molecule has 1 aromatic heterocycles. The van der Waals surface area contributed by atoms with Crippen LogP contribution >= 0.6 is 0 Å². The van der Waals surface area contributed by atoms with Crippen molar-refractivity contribution in [2.75, 3.05) is 25.1 Å². The largest absolute Gasteiger partial charge is 0.490 e. The van der Waals surface area contributed by atoms with Gasteiger partial charge in [-0.15, -0.1) is 0 Å². The molecule has 0 bridgehead atoms. The van der Waals surface area contributed by atoms with Crippen molar-refractivity contribution in [3.05, 3.63) is 77.6 Å². The number of ether oxygens (including phenoxy) is 2. The number of fused-ring (bicyclic) bond motifs is 1. The Labute approximate surface area is 209 Å². The average Bonchev–Trinajstić information content (AvgIpc) is 3.38. The molecule has 2 amide bonds. The maximum atomic E-state index is 13.7. The maximum Gasteiger partial charge on any atom is 0.267 e. The highest BCUT2D eigenvalue weighted by molar-refractivity contribution is 6.03. The first kappa shape index (κ1) is 23.4. The third-order valence-electron chi connectivity index (χ3n) is 6.31. The lowest BCUT2D eigenvalue weighted by Gasteiger charge is -2.22. The predicted octanol–water partition coefficient (Wildman–Crippen LogP) is 3.22. The van der Waals surface area contributed by atoms with E-state index < -0.39 is 11.8 Å². The number of anilines is 1. The number of benzene rings is 2. The zero-order chi connectivity index (χ0) is 25.1. The van der Waals surface area contributed by atoms with E-state index in [-0.39, 0.29) is 24.2 Å². The molecule has 1 saturated heterocycles. The first-order valence-electron chi connectivity index (χ1n) is 11.8. The van der Waals surface area contributed by atoms with E-state index in [2.05, 4.69) is 22.1 Å². The number of aromatic nitrogens is 1. The molecule has 3 heterocycles. The molecule has 8 nitrogen and oxygen atoms in total. The van der Waals surface area contributed by atoms with Crippen molar-refractivity contribution in [3.8, 4) is 29.1 Å². The fraction of sp³-hybridized carbons (Fsp3) is 0.250. The van der Waals surface area contributed by atoms with Crippen molar-refractivity contribution in [1.82, 2.24) is 10.3 Å². The number of para-hydroxylation sites is 1. The van der Waals surface area contributed by atoms with Gasteiger partial charge in [0.1, 0.15) is 35.5 Å². The van der Waals surface area contributed by atoms with Gasteiger partial charge in [0.25, 0.3) is 5.91 Å². The molecule has 2 aliphatic rings. The molecule has 2 aliphatic heterocycles. The number of nitrogens with zero attached hydrogens (tertiary/aromatic N) is 2. The summed E-state index contributed by atoms with van der Waals surface area (Å²) in [6, 6.07) is 16.4. The highest BCUT2D eigenvalue weighted by Crippen LogP contribution is 2.39. The standard InChI is InChI=1S/C28H26N4O4/c1-32-22-16-18(9-11-19-6-5-14-30-19)10-12-23(22)35-17-21(28(32)34)25-24(13-15-31-26(25)27(29)33)36-20-7-3-2-4-8-20/h2-4,7-8,10,12-13,15-16,19,21,30H,5-6,14,17H2,1H3,(H2,29,33)/t19?,21-/m1/s1. The Kier molecular flexibility index (Phi) is 6.56. The van der Waals surface area contributed by atoms with E-state index >= 15 is 0 Å². The summed E-state index contributed by atoms with van der Waals surface area (Å²) in [5.41, 5.74) is 7.31. The molecule has 2 atom stereocenters. The molecular formula is C28H26N4O4. The molecule has 0 spiro atoms. The zero-order valence-corrected chi connectivity index (χ0v) is 19.9. The average molecular weight is 483 g/mol. The van der Waals surface area contributed by atoms with Crippen LogP contribution in [0.15, 0.2) is 60.8 Å². The van der Waals surface area contributed by atoms with Crippen LogP contribution in [0.1, 0.15) is 40.4 Å². The second-order valence-electron chi connectivity index (χ2n) is 8.71. The maximum absolute atomic E-state index is 13.7. The highest BCUT2D eigenvalue weighted by atomic mass is 16.5. The summed E-state index contributed by atoms with van der Waals surface area (Å²) in [5.74, 6) is 5.98. The van der Waals surface area contributed by atoms with E-state index in [1.807, 2.05) is 36.4 Å². The van der Waals surface area contributed by atoms with Crippen LogP contribution in [0.25, 0.3) is 0 Å². The monoisotopic (exact) mass is 482 g/mol. The summed E-state index contributed by atoms with van der Waals surface area (Å²) in [5, 5.41) is 3.36. The van der Waals surface area contributed by atoms with E-state index in [9.17, 15) is 9.59 Å². The van der Waals surface area contributed by atoms with E-state index in [1.165, 1.54) is 11.1 Å². The van der Waals surface area contributed by atoms with Crippen LogP contribution in [0.3, 0.4) is 0 Å². The first-order chi connectivity index (χ1) is 17.5. The van der Waals surface area contributed by atoms with Crippen molar-refractivity contribution in [2.24, 2.45) is 5.73 Å². The Morgan fingerprint density at radius 3 is 2.81 bits per heavy atom. The smallest absolute Gasteiger partial charge is 0.267 e. The van der Waals surface area contributed by atoms with Crippen LogP contribution in [0.2, 0.25) is 0 Å². The Bertz CT molecular complexity index is 1360. The highest BCUT2D eigenvalue weighted by Gasteiger charge is 2.36. The van der Waals surface area contributed by atoms with Crippen molar-refractivity contribution >= 4 is 17.5 Å². The minimum Gasteiger partial charge on any atom is -0.490 e. The number of carbonyl (C=O) groups is 2. The predicted molar refractivity (Wildman–Crippen MR) is 135 cm³/mol. The van der Waals surface area contributed by atoms with Crippen molar-refractivity contribution in [2.45, 2.75) is 24.8 Å². The molecule has 5 rings (SSSR count). The van der Waals surface area contributed by atoms with Gasteiger partial charge in [-0.25, -0.2) is 0 Å². The fourth-order valence-electron chi connectivity index (χ4n) is 4.45. The quantitative estimate of drug-likeness (QED) is 0.553. The lowest BCUT2D eigenvalue weighted by molar-refractivity contribution is -0.120. The number of nitrogens with two attached hydrogens (primary N) is 1. The van der Waals surface area contributed by atoms with Crippen molar-refractivity contribution in [1.29, 1.82) is 0 Å². The molecular weight excluding hydrogens is 456 g/mol. The van der Waals surface area contributed by atoms with Crippen LogP contribution in [-0.2, 0) is 4.79 Å². The molecule has 1 unspecified atom stereocenters. The Balaban J connectivity index is 1.50. The normalized spacial score (nSPS) is 18.9. The number of nitrogens with one attached hydrogen (secondary N) is 1. The molecule has 0 radical (unpaired) electrons. The molecule has 0 saturated carbocycles. The third-order valence-corrected chi connectivity index (χ3v) is 6.31. The lowest BCUT2D eigenvalue weighted by Crippen LogP contribution is -2.34. The van der Waals surface area contributed by atoms with E-state index in [1.54, 1.807) is 25.2 Å². The number of rotatable bonds is 4. The van der Waals surface area contributed by atoms with Gasteiger partial charge in [0.2, 0.25) is 5.91 Å². The van der Waals surface area contributed by atoms with Gasteiger partial charge in [-0.3, -0.25) is 14.6 Å². The minimum absolute atomic E-state index is 0.00961. The summed E-state index contributed by atoms with van der Waals surface area (Å²) in [6.45, 7) is 0.970. The van der Waals surface area contributed by atoms with E-state index in [0.717, 1.165) is 24.9 Å². The second kappa shape index (κ2) is 10.1. The topological polar surface area (TPSA) is 107 Å². The van der Waals surface area contributed by atoms with Crippen LogP contribution < -0.4 is 25.4 Å². The van der Waals surface area contributed by atoms with Gasteiger partial charge in [0, 0.05) is 24.4 Å². The van der Waals surface area contributed by atoms with Gasteiger partial charge in [-0.1, -0.05) is 30.0 Å². The number of amides is 2. The first-order valence-corrected chi connectivity index (χ1v) is 11.8. The van der Waals surface area contributed by atoms with Crippen LogP contribution in [-0.4, -0.2) is 43.0 Å². The number of pyridine rings is 1. The number of likely N-dealkylation sites (N-methyl/N-ethyl adjacent to an activating group) is 1. The molecule has 182 valence electrons. The van der Waals surface area contributed by atoms with Gasteiger partial charge < -0.3 is 25.4 Å². The van der Waals surface area contributed by atoms with Crippen molar-refractivity contribution < 1.29 is 19.1 Å². The van der Waals surface area contributed by atoms with E-state index in [4.69, 9.17) is 15.2 Å². The summed E-state index contributed by atoms with van der Waals surface area (Å²) in [4.78, 5) is 31.7. The van der Waals surface area contributed by atoms with Gasteiger partial charge in [0.15, 0.2) is 0 Å². The Hall–Kier alpha value is -4.35. The fourth-order valence-corrected chi connectivity index (χ4v) is 4.45. The molecule has 1 fully saturated rings. The number of hydrogen-bond acceptors (Lipinski definition) is 6. The SMILES string of the molecule is CN1C(=O)[C@@H](c2c(Oc3ccccc3)ccnc2C(N)=O)COc2ccc(C#CC3CCCN3)cc21. The van der Waals surface area contributed by atoms with E-state index in [0.29, 0.717) is 28.5 Å². The summed E-state index contributed by atoms with van der Waals surface area (Å²) in [7, 11) is 1.68. The second-order valence-corrected chi connectivity index (χ2v) is 8.71. The van der Waals surface area contributed by atoms with Crippen LogP contribution in [0.4, 0.5) is 5.69 Å². The number of primary amides is 1. The molecule has 8 heteroatoms. The summed E-state index contributed by atoms with van der Waals surface area (Å²) >= 11 is 0. The Morgan fingerprint density at radius 1 is 1.22 bits per heavy atom. The molecule has 0 aliphatic carbocycles. The summed E-state index contributed by atoms with van der Waals surface area (Å²) < 4.78 is 12.1. The van der Waals surface area contributed by atoms with Crippen LogP contribution in [0.5, 0.6) is 17.2 Å². The number of carbonyl (C=O) groups excluding carboxylic acids is 2. The minimum atomic E-state index is -0.866. The lowest BCUT2D eigenvalue weighted by atomic mass is 9.95. The molecule has 3 N–H and O–H groups in total. The molecule has 2 aromatic carbocycles. The third kappa shape index (κ3) is 4.74. The molecule has 36 heavy (non-hydrogen) atoms. The van der Waals surface area contributed by atoms with Gasteiger partial charge in [-0.2, -0.15) is 0 Å². The molecule has 3 aromatic rings. The summed E-state index contributed by atoms with van der Waals surface area (Å²) in [6.07, 6.45) is 3.59. The van der Waals surface area contributed by atoms with Gasteiger partial charge in [0.05, 0.1) is 11.7 Å². The van der Waals surface area contributed by atoms with Crippen LogP contribution in [0, 0.1) is 11.8 Å². The van der Waals surface area contributed by atoms with Crippen molar-refractivity contribution in [3.63, 3.8) is 0 Å². The van der Waals surface area contributed by atoms with Gasteiger partial charge in [-0.05, 0) is 55.8 Å². The zero-order valence-electron chi connectivity index (χ0n) is 19.9. The Morgan fingerprint density at radius 2 is 2.06 bits per heavy atom.